The minimum absolute atomic E-state index is 0.0643. The number of benzene rings is 2. The number of aromatic nitrogens is 2. The molecular formula is C21H14F3N3OS. The molecule has 0 saturated carbocycles. The summed E-state index contributed by atoms with van der Waals surface area (Å²) in [5.41, 5.74) is 0.744. The van der Waals surface area contributed by atoms with Gasteiger partial charge in [0, 0.05) is 11.9 Å². The predicted molar refractivity (Wildman–Crippen MR) is 106 cm³/mol. The Labute approximate surface area is 168 Å². The van der Waals surface area contributed by atoms with Crippen LogP contribution in [0.3, 0.4) is 0 Å². The first-order chi connectivity index (χ1) is 13.9. The van der Waals surface area contributed by atoms with E-state index in [4.69, 9.17) is 0 Å². The van der Waals surface area contributed by atoms with Gasteiger partial charge < -0.3 is 5.32 Å². The van der Waals surface area contributed by atoms with Crippen LogP contribution in [0.1, 0.15) is 15.9 Å². The molecule has 4 nitrogen and oxygen atoms in total. The first-order valence-electron chi connectivity index (χ1n) is 8.59. The van der Waals surface area contributed by atoms with Crippen molar-refractivity contribution in [2.45, 2.75) is 6.18 Å². The zero-order chi connectivity index (χ0) is 20.4. The zero-order valence-corrected chi connectivity index (χ0v) is 15.7. The number of carbonyl (C=O) groups is 1. The molecule has 0 aliphatic rings. The summed E-state index contributed by atoms with van der Waals surface area (Å²) < 4.78 is 40.4. The second-order valence-corrected chi connectivity index (χ2v) is 7.13. The van der Waals surface area contributed by atoms with Crippen molar-refractivity contribution in [3.63, 3.8) is 0 Å². The molecular weight excluding hydrogens is 399 g/mol. The summed E-state index contributed by atoms with van der Waals surface area (Å²) in [6.07, 6.45) is -2.91. The number of amides is 1. The quantitative estimate of drug-likeness (QED) is 0.455. The predicted octanol–water partition coefficient (Wildman–Crippen LogP) is 5.87. The summed E-state index contributed by atoms with van der Waals surface area (Å²) in [5.74, 6) is -0.532. The lowest BCUT2D eigenvalue weighted by Gasteiger charge is -2.09. The Morgan fingerprint density at radius 2 is 1.79 bits per heavy atom. The highest BCUT2D eigenvalue weighted by molar-refractivity contribution is 7.13. The van der Waals surface area contributed by atoms with Gasteiger partial charge >= 0.3 is 6.18 Å². The minimum atomic E-state index is -4.49. The number of rotatable bonds is 4. The van der Waals surface area contributed by atoms with Crippen molar-refractivity contribution < 1.29 is 18.0 Å². The fourth-order valence-corrected chi connectivity index (χ4v) is 3.54. The largest absolute Gasteiger partial charge is 0.416 e. The van der Waals surface area contributed by atoms with Gasteiger partial charge in [0.1, 0.15) is 5.69 Å². The highest BCUT2D eigenvalue weighted by Crippen LogP contribution is 2.32. The fraction of sp³-hybridized carbons (Fsp3) is 0.0476. The number of carbonyl (C=O) groups excluding carboxylic acids is 1. The van der Waals surface area contributed by atoms with E-state index in [0.717, 1.165) is 22.7 Å². The van der Waals surface area contributed by atoms with Gasteiger partial charge in [0.15, 0.2) is 0 Å². The molecule has 0 aliphatic heterocycles. The molecule has 0 atom stereocenters. The topological polar surface area (TPSA) is 46.9 Å². The first-order valence-corrected chi connectivity index (χ1v) is 9.47. The van der Waals surface area contributed by atoms with E-state index in [2.05, 4.69) is 10.4 Å². The van der Waals surface area contributed by atoms with Gasteiger partial charge in [0.2, 0.25) is 0 Å². The third-order valence-corrected chi connectivity index (χ3v) is 5.06. The summed E-state index contributed by atoms with van der Waals surface area (Å²) in [6.45, 7) is 0. The van der Waals surface area contributed by atoms with Gasteiger partial charge in [-0.3, -0.25) is 4.79 Å². The van der Waals surface area contributed by atoms with E-state index in [9.17, 15) is 18.0 Å². The average Bonchev–Trinajstić information content (AvgIpc) is 3.38. The third kappa shape index (κ3) is 4.07. The lowest BCUT2D eigenvalue weighted by Crippen LogP contribution is -2.13. The number of nitrogens with one attached hydrogen (secondary N) is 1. The number of hydrogen-bond acceptors (Lipinski definition) is 3. The summed E-state index contributed by atoms with van der Waals surface area (Å²) in [4.78, 5) is 13.7. The van der Waals surface area contributed by atoms with Crippen LogP contribution in [0.15, 0.2) is 78.3 Å². The molecule has 0 saturated heterocycles. The molecule has 0 bridgehead atoms. The molecule has 146 valence electrons. The lowest BCUT2D eigenvalue weighted by molar-refractivity contribution is -0.137. The normalized spacial score (nSPS) is 11.4. The van der Waals surface area contributed by atoms with Gasteiger partial charge in [-0.2, -0.15) is 18.3 Å². The van der Waals surface area contributed by atoms with Crippen molar-refractivity contribution in [2.75, 3.05) is 5.32 Å². The Bertz CT molecular complexity index is 1140. The maximum absolute atomic E-state index is 12.9. The van der Waals surface area contributed by atoms with Crippen LogP contribution in [0, 0.1) is 0 Å². The molecule has 8 heteroatoms. The van der Waals surface area contributed by atoms with Crippen LogP contribution in [0.4, 0.5) is 18.9 Å². The lowest BCUT2D eigenvalue weighted by atomic mass is 10.1. The van der Waals surface area contributed by atoms with Crippen molar-refractivity contribution in [3.8, 4) is 16.3 Å². The molecule has 2 aromatic carbocycles. The number of thiophene rings is 1. The van der Waals surface area contributed by atoms with Crippen LogP contribution >= 0.6 is 11.3 Å². The molecule has 0 spiro atoms. The second-order valence-electron chi connectivity index (χ2n) is 6.18. The molecule has 29 heavy (non-hydrogen) atoms. The smallest absolute Gasteiger partial charge is 0.322 e. The first kappa shape index (κ1) is 18.9. The summed E-state index contributed by atoms with van der Waals surface area (Å²) in [5, 5.41) is 8.95. The van der Waals surface area contributed by atoms with Crippen molar-refractivity contribution in [1.82, 2.24) is 9.78 Å². The van der Waals surface area contributed by atoms with Crippen molar-refractivity contribution in [2.24, 2.45) is 0 Å². The highest BCUT2D eigenvalue weighted by Gasteiger charge is 2.30. The third-order valence-electron chi connectivity index (χ3n) is 4.18. The van der Waals surface area contributed by atoms with Crippen molar-refractivity contribution >= 4 is 22.9 Å². The second kappa shape index (κ2) is 7.56. The Morgan fingerprint density at radius 1 is 1.00 bits per heavy atom. The molecule has 4 rings (SSSR count). The van der Waals surface area contributed by atoms with E-state index in [1.165, 1.54) is 23.5 Å². The zero-order valence-electron chi connectivity index (χ0n) is 14.9. The van der Waals surface area contributed by atoms with E-state index >= 15 is 0 Å². The molecule has 0 aliphatic carbocycles. The van der Waals surface area contributed by atoms with E-state index in [-0.39, 0.29) is 11.3 Å². The van der Waals surface area contributed by atoms with E-state index in [1.807, 2.05) is 47.8 Å². The van der Waals surface area contributed by atoms with Crippen molar-refractivity contribution in [3.05, 3.63) is 89.4 Å². The standard InChI is InChI=1S/C21H14F3N3OS/c22-21(23,24)14-6-4-7-15(12-14)25-20(28)17-13-27(16-8-2-1-3-9-16)26-19(17)18-10-5-11-29-18/h1-13H,(H,25,28). The Kier molecular flexibility index (Phi) is 4.94. The van der Waals surface area contributed by atoms with Crippen LogP contribution in [0.25, 0.3) is 16.3 Å². The van der Waals surface area contributed by atoms with Gasteiger partial charge in [0.05, 0.1) is 21.7 Å². The number of alkyl halides is 3. The van der Waals surface area contributed by atoms with Crippen molar-refractivity contribution in [1.29, 1.82) is 0 Å². The number of hydrogen-bond donors (Lipinski definition) is 1. The van der Waals surface area contributed by atoms with Gasteiger partial charge in [0.25, 0.3) is 5.91 Å². The Balaban J connectivity index is 1.70. The molecule has 2 aromatic heterocycles. The molecule has 4 aromatic rings. The fourth-order valence-electron chi connectivity index (χ4n) is 2.82. The Morgan fingerprint density at radius 3 is 2.48 bits per heavy atom. The number of halogens is 3. The summed E-state index contributed by atoms with van der Waals surface area (Å²) in [7, 11) is 0. The van der Waals surface area contributed by atoms with E-state index in [1.54, 1.807) is 10.9 Å². The maximum Gasteiger partial charge on any atom is 0.416 e. The van der Waals surface area contributed by atoms with Crippen LogP contribution in [-0.4, -0.2) is 15.7 Å². The van der Waals surface area contributed by atoms with Crippen LogP contribution in [0.5, 0.6) is 0 Å². The number of para-hydroxylation sites is 1. The van der Waals surface area contributed by atoms with E-state index in [0.29, 0.717) is 5.69 Å². The van der Waals surface area contributed by atoms with Gasteiger partial charge in [-0.15, -0.1) is 11.3 Å². The summed E-state index contributed by atoms with van der Waals surface area (Å²) >= 11 is 1.42. The van der Waals surface area contributed by atoms with Gasteiger partial charge in [-0.05, 0) is 41.8 Å². The SMILES string of the molecule is O=C(Nc1cccc(C(F)(F)F)c1)c1cn(-c2ccccc2)nc1-c1cccs1. The van der Waals surface area contributed by atoms with Crippen LogP contribution in [0.2, 0.25) is 0 Å². The van der Waals surface area contributed by atoms with Crippen LogP contribution in [-0.2, 0) is 6.18 Å². The number of anilines is 1. The van der Waals surface area contributed by atoms with Crippen LogP contribution < -0.4 is 5.32 Å². The van der Waals surface area contributed by atoms with Gasteiger partial charge in [-0.25, -0.2) is 4.68 Å². The molecule has 0 fully saturated rings. The summed E-state index contributed by atoms with van der Waals surface area (Å²) in [6, 6.07) is 17.5. The van der Waals surface area contributed by atoms with E-state index < -0.39 is 17.6 Å². The molecule has 0 radical (unpaired) electrons. The average molecular weight is 413 g/mol. The number of nitrogens with zero attached hydrogens (tertiary/aromatic N) is 2. The Hall–Kier alpha value is -3.39. The molecule has 1 N–H and O–H groups in total. The molecule has 2 heterocycles. The molecule has 1 amide bonds. The monoisotopic (exact) mass is 413 g/mol. The minimum Gasteiger partial charge on any atom is -0.322 e. The van der Waals surface area contributed by atoms with Gasteiger partial charge in [-0.1, -0.05) is 30.3 Å². The molecule has 0 unspecified atom stereocenters. The highest BCUT2D eigenvalue weighted by atomic mass is 32.1. The maximum atomic E-state index is 12.9.